The summed E-state index contributed by atoms with van der Waals surface area (Å²) in [5, 5.41) is 3.22. The Bertz CT molecular complexity index is 281. The molecule has 72 valence electrons. The van der Waals surface area contributed by atoms with Crippen molar-refractivity contribution in [3.8, 4) is 0 Å². The van der Waals surface area contributed by atoms with E-state index in [2.05, 4.69) is 23.2 Å². The number of nitrogen functional groups attached to an aromatic ring is 1. The van der Waals surface area contributed by atoms with Gasteiger partial charge in [-0.05, 0) is 25.1 Å². The van der Waals surface area contributed by atoms with Gasteiger partial charge >= 0.3 is 0 Å². The van der Waals surface area contributed by atoms with Gasteiger partial charge in [0.1, 0.15) is 0 Å². The van der Waals surface area contributed by atoms with Gasteiger partial charge in [0.2, 0.25) is 0 Å². The zero-order valence-corrected chi connectivity index (χ0v) is 8.46. The minimum absolute atomic E-state index is 0.799. The Morgan fingerprint density at radius 1 is 1.38 bits per heavy atom. The first-order chi connectivity index (χ1) is 6.15. The summed E-state index contributed by atoms with van der Waals surface area (Å²) >= 11 is 0. The first kappa shape index (κ1) is 9.71. The van der Waals surface area contributed by atoms with Crippen molar-refractivity contribution < 1.29 is 0 Å². The van der Waals surface area contributed by atoms with Gasteiger partial charge in [0, 0.05) is 26.3 Å². The predicted octanol–water partition coefficient (Wildman–Crippen LogP) is 1.77. The van der Waals surface area contributed by atoms with E-state index in [9.17, 15) is 0 Å². The number of hydrogen-bond acceptors (Lipinski definition) is 3. The lowest BCUT2D eigenvalue weighted by Gasteiger charge is -2.15. The number of anilines is 3. The van der Waals surface area contributed by atoms with Crippen molar-refractivity contribution in [1.29, 1.82) is 0 Å². The van der Waals surface area contributed by atoms with Crippen molar-refractivity contribution in [2.45, 2.75) is 6.92 Å². The third-order valence-electron chi connectivity index (χ3n) is 1.92. The average molecular weight is 179 g/mol. The highest BCUT2D eigenvalue weighted by molar-refractivity contribution is 5.71. The molecule has 0 saturated heterocycles. The average Bonchev–Trinajstić information content (AvgIpc) is 2.08. The summed E-state index contributed by atoms with van der Waals surface area (Å²) in [6, 6.07) is 5.99. The Labute approximate surface area is 79.5 Å². The SMILES string of the molecule is CCNc1cc(N(C)C)ccc1N. The van der Waals surface area contributed by atoms with Crippen LogP contribution < -0.4 is 16.0 Å². The molecule has 3 N–H and O–H groups in total. The molecule has 0 bridgehead atoms. The summed E-state index contributed by atoms with van der Waals surface area (Å²) in [5.41, 5.74) is 8.76. The second kappa shape index (κ2) is 4.03. The highest BCUT2D eigenvalue weighted by Crippen LogP contribution is 2.23. The lowest BCUT2D eigenvalue weighted by Crippen LogP contribution is -2.10. The highest BCUT2D eigenvalue weighted by Gasteiger charge is 2.00. The Balaban J connectivity index is 2.97. The van der Waals surface area contributed by atoms with Gasteiger partial charge < -0.3 is 16.0 Å². The summed E-state index contributed by atoms with van der Waals surface area (Å²) in [5.74, 6) is 0. The topological polar surface area (TPSA) is 41.3 Å². The van der Waals surface area contributed by atoms with Gasteiger partial charge in [-0.1, -0.05) is 0 Å². The molecule has 0 aliphatic rings. The highest BCUT2D eigenvalue weighted by atomic mass is 15.1. The molecule has 0 amide bonds. The quantitative estimate of drug-likeness (QED) is 0.695. The van der Waals surface area contributed by atoms with E-state index in [1.165, 1.54) is 0 Å². The Morgan fingerprint density at radius 3 is 2.62 bits per heavy atom. The first-order valence-corrected chi connectivity index (χ1v) is 4.46. The van der Waals surface area contributed by atoms with E-state index in [0.717, 1.165) is 23.6 Å². The lowest BCUT2D eigenvalue weighted by molar-refractivity contribution is 1.13. The molecule has 0 fully saturated rings. The third kappa shape index (κ3) is 2.28. The lowest BCUT2D eigenvalue weighted by atomic mass is 10.2. The zero-order chi connectivity index (χ0) is 9.84. The Kier molecular flexibility index (Phi) is 3.01. The molecular weight excluding hydrogens is 162 g/mol. The van der Waals surface area contributed by atoms with E-state index in [-0.39, 0.29) is 0 Å². The van der Waals surface area contributed by atoms with E-state index in [4.69, 9.17) is 5.73 Å². The van der Waals surface area contributed by atoms with Crippen molar-refractivity contribution >= 4 is 17.1 Å². The molecule has 13 heavy (non-hydrogen) atoms. The second-order valence-electron chi connectivity index (χ2n) is 3.20. The molecule has 0 aliphatic heterocycles. The monoisotopic (exact) mass is 179 g/mol. The van der Waals surface area contributed by atoms with E-state index >= 15 is 0 Å². The number of nitrogens with two attached hydrogens (primary N) is 1. The summed E-state index contributed by atoms with van der Waals surface area (Å²) < 4.78 is 0. The molecule has 0 heterocycles. The fourth-order valence-corrected chi connectivity index (χ4v) is 1.17. The minimum atomic E-state index is 0.799. The van der Waals surface area contributed by atoms with Crippen LogP contribution in [0.1, 0.15) is 6.92 Å². The molecule has 0 spiro atoms. The first-order valence-electron chi connectivity index (χ1n) is 4.46. The number of nitrogens with zero attached hydrogens (tertiary/aromatic N) is 1. The van der Waals surface area contributed by atoms with E-state index in [1.54, 1.807) is 0 Å². The van der Waals surface area contributed by atoms with Crippen molar-refractivity contribution in [2.24, 2.45) is 0 Å². The van der Waals surface area contributed by atoms with Crippen molar-refractivity contribution in [2.75, 3.05) is 36.6 Å². The summed E-state index contributed by atoms with van der Waals surface area (Å²) in [6.07, 6.45) is 0. The van der Waals surface area contributed by atoms with Crippen molar-refractivity contribution in [3.05, 3.63) is 18.2 Å². The number of nitrogens with one attached hydrogen (secondary N) is 1. The molecule has 0 aliphatic carbocycles. The molecule has 0 radical (unpaired) electrons. The molecule has 0 saturated carbocycles. The number of benzene rings is 1. The Hall–Kier alpha value is -1.38. The standard InChI is InChI=1S/C10H17N3/c1-4-12-10-7-8(13(2)3)5-6-9(10)11/h5-7,12H,4,11H2,1-3H3. The number of hydrogen-bond donors (Lipinski definition) is 2. The van der Waals surface area contributed by atoms with Crippen LogP contribution in [-0.2, 0) is 0 Å². The van der Waals surface area contributed by atoms with Crippen LogP contribution >= 0.6 is 0 Å². The van der Waals surface area contributed by atoms with Crippen LogP contribution in [0.5, 0.6) is 0 Å². The maximum Gasteiger partial charge on any atom is 0.0594 e. The van der Waals surface area contributed by atoms with Crippen LogP contribution in [-0.4, -0.2) is 20.6 Å². The van der Waals surface area contributed by atoms with Crippen molar-refractivity contribution in [1.82, 2.24) is 0 Å². The fraction of sp³-hybridized carbons (Fsp3) is 0.400. The molecule has 1 rings (SSSR count). The molecule has 3 heteroatoms. The smallest absolute Gasteiger partial charge is 0.0594 e. The van der Waals surface area contributed by atoms with Crippen LogP contribution in [0.4, 0.5) is 17.1 Å². The van der Waals surface area contributed by atoms with E-state index in [1.807, 2.05) is 26.2 Å². The van der Waals surface area contributed by atoms with Crippen LogP contribution in [0.25, 0.3) is 0 Å². The number of rotatable bonds is 3. The van der Waals surface area contributed by atoms with E-state index in [0.29, 0.717) is 0 Å². The van der Waals surface area contributed by atoms with Crippen LogP contribution in [0.15, 0.2) is 18.2 Å². The van der Waals surface area contributed by atoms with Gasteiger partial charge in [-0.3, -0.25) is 0 Å². The molecular formula is C10H17N3. The molecule has 0 unspecified atom stereocenters. The summed E-state index contributed by atoms with van der Waals surface area (Å²) in [6.45, 7) is 2.95. The summed E-state index contributed by atoms with van der Waals surface area (Å²) in [4.78, 5) is 2.06. The molecule has 0 aromatic heterocycles. The normalized spacial score (nSPS) is 9.77. The molecule has 0 atom stereocenters. The van der Waals surface area contributed by atoms with Crippen molar-refractivity contribution in [3.63, 3.8) is 0 Å². The molecule has 1 aromatic carbocycles. The van der Waals surface area contributed by atoms with Crippen LogP contribution in [0.3, 0.4) is 0 Å². The maximum atomic E-state index is 5.79. The summed E-state index contributed by atoms with van der Waals surface area (Å²) in [7, 11) is 4.03. The minimum Gasteiger partial charge on any atom is -0.397 e. The van der Waals surface area contributed by atoms with Gasteiger partial charge in [0.05, 0.1) is 11.4 Å². The Morgan fingerprint density at radius 2 is 2.08 bits per heavy atom. The molecule has 3 nitrogen and oxygen atoms in total. The predicted molar refractivity (Wildman–Crippen MR) is 59.3 cm³/mol. The van der Waals surface area contributed by atoms with Gasteiger partial charge in [-0.15, -0.1) is 0 Å². The van der Waals surface area contributed by atoms with Gasteiger partial charge in [-0.25, -0.2) is 0 Å². The van der Waals surface area contributed by atoms with Gasteiger partial charge in [-0.2, -0.15) is 0 Å². The maximum absolute atomic E-state index is 5.79. The molecule has 1 aromatic rings. The van der Waals surface area contributed by atoms with Crippen LogP contribution in [0.2, 0.25) is 0 Å². The van der Waals surface area contributed by atoms with Gasteiger partial charge in [0.25, 0.3) is 0 Å². The second-order valence-corrected chi connectivity index (χ2v) is 3.20. The largest absolute Gasteiger partial charge is 0.397 e. The zero-order valence-electron chi connectivity index (χ0n) is 8.46. The van der Waals surface area contributed by atoms with E-state index < -0.39 is 0 Å². The third-order valence-corrected chi connectivity index (χ3v) is 1.92. The fourth-order valence-electron chi connectivity index (χ4n) is 1.17. The van der Waals surface area contributed by atoms with Crippen LogP contribution in [0, 0.1) is 0 Å². The van der Waals surface area contributed by atoms with Gasteiger partial charge in [0.15, 0.2) is 0 Å².